The molecule has 2 aromatic carbocycles. The third-order valence-electron chi connectivity index (χ3n) is 3.74. The number of rotatable bonds is 2. The summed E-state index contributed by atoms with van der Waals surface area (Å²) in [6.45, 7) is 0. The molecule has 2 aromatic heterocycles. The number of hydrogen-bond acceptors (Lipinski definition) is 3. The summed E-state index contributed by atoms with van der Waals surface area (Å²) in [5, 5.41) is 0.683. The first-order chi connectivity index (χ1) is 10.7. The van der Waals surface area contributed by atoms with E-state index in [0.29, 0.717) is 0 Å². The number of pyridine rings is 1. The third-order valence-corrected chi connectivity index (χ3v) is 4.27. The number of aromatic amines is 2. The van der Waals surface area contributed by atoms with Crippen molar-refractivity contribution in [3.8, 4) is 0 Å². The minimum Gasteiger partial charge on any atom is -0.341 e. The third kappa shape index (κ3) is 2.10. The Labute approximate surface area is 131 Å². The molecular weight excluding hydrogens is 294 g/mol. The molecule has 2 heterocycles. The van der Waals surface area contributed by atoms with Gasteiger partial charge in [0.05, 0.1) is 16.3 Å². The van der Waals surface area contributed by atoms with Gasteiger partial charge in [0.2, 0.25) is 5.56 Å². The van der Waals surface area contributed by atoms with Crippen LogP contribution < -0.4 is 5.56 Å². The van der Waals surface area contributed by atoms with Crippen LogP contribution in [0.5, 0.6) is 0 Å². The minimum absolute atomic E-state index is 0.135. The smallest absolute Gasteiger partial charge is 0.248 e. The van der Waals surface area contributed by atoms with E-state index in [1.54, 1.807) is 6.07 Å². The van der Waals surface area contributed by atoms with Crippen LogP contribution in [0.25, 0.3) is 21.9 Å². The van der Waals surface area contributed by atoms with Crippen molar-refractivity contribution in [2.75, 3.05) is 0 Å². The molecule has 4 nitrogen and oxygen atoms in total. The van der Waals surface area contributed by atoms with Crippen molar-refractivity contribution in [1.29, 1.82) is 0 Å². The monoisotopic (exact) mass is 307 g/mol. The Balaban J connectivity index is 1.92. The van der Waals surface area contributed by atoms with Gasteiger partial charge in [-0.2, -0.15) is 12.6 Å². The fourth-order valence-corrected chi connectivity index (χ4v) is 3.04. The minimum atomic E-state index is -0.292. The molecule has 1 unspecified atom stereocenters. The largest absolute Gasteiger partial charge is 0.341 e. The molecule has 0 aliphatic rings. The number of aromatic nitrogens is 3. The van der Waals surface area contributed by atoms with E-state index in [2.05, 4.69) is 15.0 Å². The van der Waals surface area contributed by atoms with Crippen molar-refractivity contribution in [2.45, 2.75) is 5.25 Å². The average Bonchev–Trinajstić information content (AvgIpc) is 2.97. The number of H-pyrrole nitrogens is 2. The average molecular weight is 307 g/mol. The number of benzene rings is 2. The molecule has 2 N–H and O–H groups in total. The summed E-state index contributed by atoms with van der Waals surface area (Å²) in [6, 6.07) is 17.1. The molecule has 0 bridgehead atoms. The number of nitrogens with zero attached hydrogens (tertiary/aromatic N) is 1. The van der Waals surface area contributed by atoms with Crippen LogP contribution in [0.3, 0.4) is 0 Å². The molecule has 0 fully saturated rings. The summed E-state index contributed by atoms with van der Waals surface area (Å²) in [6.07, 6.45) is 0. The van der Waals surface area contributed by atoms with E-state index >= 15 is 0 Å². The lowest BCUT2D eigenvalue weighted by Crippen LogP contribution is -2.08. The highest BCUT2D eigenvalue weighted by Crippen LogP contribution is 2.31. The number of thiol groups is 1. The van der Waals surface area contributed by atoms with Gasteiger partial charge >= 0.3 is 0 Å². The van der Waals surface area contributed by atoms with Crippen molar-refractivity contribution in [2.24, 2.45) is 0 Å². The fourth-order valence-electron chi connectivity index (χ4n) is 2.71. The fraction of sp³-hybridized carbons (Fsp3) is 0.0588. The Morgan fingerprint density at radius 1 is 0.955 bits per heavy atom. The molecule has 4 aromatic rings. The Hall–Kier alpha value is -2.53. The van der Waals surface area contributed by atoms with E-state index in [0.717, 1.165) is 33.3 Å². The van der Waals surface area contributed by atoms with Crippen LogP contribution in [0.1, 0.15) is 16.6 Å². The Morgan fingerprint density at radius 3 is 2.50 bits per heavy atom. The standard InChI is InChI=1S/C17H13N3OS/c21-15-9-11(10-5-1-2-6-12(10)18-15)16(22)17-19-13-7-3-4-8-14(13)20-17/h1-9,16,22H,(H,18,21)(H,19,20). The Bertz CT molecular complexity index is 1000. The maximum atomic E-state index is 11.9. The first-order valence-electron chi connectivity index (χ1n) is 6.97. The maximum Gasteiger partial charge on any atom is 0.248 e. The second-order valence-corrected chi connectivity index (χ2v) is 5.69. The van der Waals surface area contributed by atoms with E-state index in [4.69, 9.17) is 12.6 Å². The van der Waals surface area contributed by atoms with Crippen LogP contribution >= 0.6 is 12.6 Å². The first-order valence-corrected chi connectivity index (χ1v) is 7.49. The van der Waals surface area contributed by atoms with E-state index in [1.807, 2.05) is 48.5 Å². The van der Waals surface area contributed by atoms with Crippen molar-refractivity contribution in [3.63, 3.8) is 0 Å². The summed E-state index contributed by atoms with van der Waals surface area (Å²) in [5.74, 6) is 0.736. The topological polar surface area (TPSA) is 61.5 Å². The van der Waals surface area contributed by atoms with Gasteiger partial charge in [-0.15, -0.1) is 0 Å². The lowest BCUT2D eigenvalue weighted by Gasteiger charge is -2.11. The molecule has 0 aliphatic heterocycles. The summed E-state index contributed by atoms with van der Waals surface area (Å²) in [7, 11) is 0. The van der Waals surface area contributed by atoms with Gasteiger partial charge in [-0.1, -0.05) is 30.3 Å². The molecule has 108 valence electrons. The maximum absolute atomic E-state index is 11.9. The summed E-state index contributed by atoms with van der Waals surface area (Å²) < 4.78 is 0. The van der Waals surface area contributed by atoms with Crippen LogP contribution in [0.15, 0.2) is 59.4 Å². The lowest BCUT2D eigenvalue weighted by atomic mass is 10.1. The molecule has 0 radical (unpaired) electrons. The highest BCUT2D eigenvalue weighted by Gasteiger charge is 2.17. The Kier molecular flexibility index (Phi) is 3.01. The van der Waals surface area contributed by atoms with Gasteiger partial charge in [0, 0.05) is 17.0 Å². The van der Waals surface area contributed by atoms with Crippen LogP contribution in [-0.4, -0.2) is 15.0 Å². The summed E-state index contributed by atoms with van der Waals surface area (Å²) >= 11 is 4.70. The van der Waals surface area contributed by atoms with Gasteiger partial charge < -0.3 is 9.97 Å². The number of para-hydroxylation sites is 3. The second kappa shape index (κ2) is 5.03. The Morgan fingerprint density at radius 2 is 1.68 bits per heavy atom. The van der Waals surface area contributed by atoms with Gasteiger partial charge in [0.25, 0.3) is 0 Å². The van der Waals surface area contributed by atoms with Crippen LogP contribution in [0, 0.1) is 0 Å². The van der Waals surface area contributed by atoms with Gasteiger partial charge in [0.15, 0.2) is 0 Å². The SMILES string of the molecule is O=c1cc(C(S)c2nc3ccccc3[nH]2)c2ccccc2[nH]1. The van der Waals surface area contributed by atoms with Crippen molar-refractivity contribution in [1.82, 2.24) is 15.0 Å². The number of fused-ring (bicyclic) bond motifs is 2. The summed E-state index contributed by atoms with van der Waals surface area (Å²) in [5.41, 5.74) is 3.38. The van der Waals surface area contributed by atoms with Crippen molar-refractivity contribution < 1.29 is 0 Å². The first kappa shape index (κ1) is 13.2. The molecule has 0 spiro atoms. The highest BCUT2D eigenvalue weighted by molar-refractivity contribution is 7.80. The van der Waals surface area contributed by atoms with Crippen LogP contribution in [0.4, 0.5) is 0 Å². The highest BCUT2D eigenvalue weighted by atomic mass is 32.1. The van der Waals surface area contributed by atoms with Gasteiger partial charge in [-0.25, -0.2) is 4.98 Å². The van der Waals surface area contributed by atoms with Crippen molar-refractivity contribution in [3.05, 3.63) is 76.3 Å². The van der Waals surface area contributed by atoms with Gasteiger partial charge in [-0.3, -0.25) is 4.79 Å². The number of hydrogen-bond donors (Lipinski definition) is 3. The zero-order valence-corrected chi connectivity index (χ0v) is 12.5. The molecule has 22 heavy (non-hydrogen) atoms. The normalized spacial score (nSPS) is 12.8. The predicted molar refractivity (Wildman–Crippen MR) is 91.5 cm³/mol. The zero-order chi connectivity index (χ0) is 15.1. The second-order valence-electron chi connectivity index (χ2n) is 5.18. The molecular formula is C17H13N3OS. The summed E-state index contributed by atoms with van der Waals surface area (Å²) in [4.78, 5) is 22.6. The van der Waals surface area contributed by atoms with E-state index in [-0.39, 0.29) is 10.8 Å². The molecule has 0 amide bonds. The predicted octanol–water partition coefficient (Wildman–Crippen LogP) is 3.42. The molecule has 0 aliphatic carbocycles. The van der Waals surface area contributed by atoms with Crippen LogP contribution in [0.2, 0.25) is 0 Å². The van der Waals surface area contributed by atoms with Gasteiger partial charge in [0.1, 0.15) is 5.82 Å². The molecule has 4 rings (SSSR count). The van der Waals surface area contributed by atoms with Crippen LogP contribution in [-0.2, 0) is 0 Å². The molecule has 1 atom stereocenters. The number of nitrogens with one attached hydrogen (secondary N) is 2. The zero-order valence-electron chi connectivity index (χ0n) is 11.6. The molecule has 0 saturated heterocycles. The van der Waals surface area contributed by atoms with E-state index < -0.39 is 0 Å². The van der Waals surface area contributed by atoms with Crippen molar-refractivity contribution >= 4 is 34.6 Å². The van der Waals surface area contributed by atoms with E-state index in [1.165, 1.54) is 0 Å². The molecule has 0 saturated carbocycles. The van der Waals surface area contributed by atoms with E-state index in [9.17, 15) is 4.79 Å². The number of imidazole rings is 1. The molecule has 5 heteroatoms. The quantitative estimate of drug-likeness (QED) is 0.497. The van der Waals surface area contributed by atoms with Gasteiger partial charge in [-0.05, 0) is 23.8 Å². The lowest BCUT2D eigenvalue weighted by molar-refractivity contribution is 1.02.